The highest BCUT2D eigenvalue weighted by Gasteiger charge is 2.14. The Hall–Kier alpha value is -3.22. The van der Waals surface area contributed by atoms with Gasteiger partial charge in [-0.1, -0.05) is 42.3 Å². The molecule has 0 unspecified atom stereocenters. The Bertz CT molecular complexity index is 1110. The molecule has 3 aromatic rings. The van der Waals surface area contributed by atoms with E-state index in [1.165, 1.54) is 18.2 Å². The minimum Gasteiger partial charge on any atom is -0.507 e. The van der Waals surface area contributed by atoms with Crippen molar-refractivity contribution in [2.75, 3.05) is 5.32 Å². The number of phenols is 1. The molecule has 0 atom stereocenters. The van der Waals surface area contributed by atoms with Crippen LogP contribution in [0.5, 0.6) is 17.2 Å². The van der Waals surface area contributed by atoms with Gasteiger partial charge in [0.1, 0.15) is 11.5 Å². The van der Waals surface area contributed by atoms with Crippen LogP contribution in [0.15, 0.2) is 54.6 Å². The molecule has 0 heterocycles. The number of phenolic OH excluding ortho intramolecular Hbond substituents is 1. The van der Waals surface area contributed by atoms with Crippen molar-refractivity contribution in [2.24, 2.45) is 5.73 Å². The molecular formula is C22H18Cl2N2O4. The van der Waals surface area contributed by atoms with Gasteiger partial charge in [0.25, 0.3) is 0 Å². The molecule has 0 aliphatic carbocycles. The summed E-state index contributed by atoms with van der Waals surface area (Å²) in [5.74, 6) is -0.176. The Morgan fingerprint density at radius 3 is 2.40 bits per heavy atom. The normalized spacial score (nSPS) is 10.5. The van der Waals surface area contributed by atoms with Gasteiger partial charge in [-0.05, 0) is 48.0 Å². The van der Waals surface area contributed by atoms with E-state index in [4.69, 9.17) is 33.7 Å². The standard InChI is InChI=1S/C22H18Cl2N2O4/c1-2-20(28)26-14-9-17(23)21(18(24)10-14)30-15-6-7-19(27)16(11-15)12-4-3-5-13(8-12)22(25)29/h3-11,27H,2H2,1H3,(H2,25,29)(H,26,28). The SMILES string of the molecule is CCC(=O)Nc1cc(Cl)c(Oc2ccc(O)c(-c3cccc(C(N)=O)c3)c2)c(Cl)c1. The summed E-state index contributed by atoms with van der Waals surface area (Å²) in [5.41, 5.74) is 7.13. The van der Waals surface area contributed by atoms with Crippen LogP contribution in [0.25, 0.3) is 11.1 Å². The van der Waals surface area contributed by atoms with E-state index in [1.54, 1.807) is 43.3 Å². The van der Waals surface area contributed by atoms with E-state index in [9.17, 15) is 14.7 Å². The van der Waals surface area contributed by atoms with Gasteiger partial charge in [0.2, 0.25) is 11.8 Å². The fourth-order valence-corrected chi connectivity index (χ4v) is 3.31. The van der Waals surface area contributed by atoms with E-state index >= 15 is 0 Å². The number of ether oxygens (including phenoxy) is 1. The van der Waals surface area contributed by atoms with Crippen LogP contribution in [-0.4, -0.2) is 16.9 Å². The number of nitrogens with two attached hydrogens (primary N) is 1. The zero-order valence-electron chi connectivity index (χ0n) is 15.9. The van der Waals surface area contributed by atoms with Crippen LogP contribution >= 0.6 is 23.2 Å². The average Bonchev–Trinajstić information content (AvgIpc) is 2.71. The summed E-state index contributed by atoms with van der Waals surface area (Å²) in [6, 6.07) is 14.2. The van der Waals surface area contributed by atoms with Gasteiger partial charge in [-0.15, -0.1) is 0 Å². The molecule has 8 heteroatoms. The zero-order valence-corrected chi connectivity index (χ0v) is 17.4. The van der Waals surface area contributed by atoms with Crippen molar-refractivity contribution in [3.05, 3.63) is 70.2 Å². The topological polar surface area (TPSA) is 102 Å². The fraction of sp³-hybridized carbons (Fsp3) is 0.0909. The number of benzene rings is 3. The summed E-state index contributed by atoms with van der Waals surface area (Å²) < 4.78 is 5.84. The molecular weight excluding hydrogens is 427 g/mol. The predicted molar refractivity (Wildman–Crippen MR) is 118 cm³/mol. The summed E-state index contributed by atoms with van der Waals surface area (Å²) in [5, 5.41) is 13.4. The molecule has 0 aliphatic rings. The average molecular weight is 445 g/mol. The van der Waals surface area contributed by atoms with Crippen LogP contribution in [0.1, 0.15) is 23.7 Å². The quantitative estimate of drug-likeness (QED) is 0.459. The first kappa shape index (κ1) is 21.5. The van der Waals surface area contributed by atoms with Crippen molar-refractivity contribution in [2.45, 2.75) is 13.3 Å². The lowest BCUT2D eigenvalue weighted by atomic mass is 10.0. The molecule has 0 fully saturated rings. The van der Waals surface area contributed by atoms with Crippen LogP contribution in [0, 0.1) is 0 Å². The molecule has 0 saturated carbocycles. The van der Waals surface area contributed by atoms with E-state index in [0.717, 1.165) is 0 Å². The lowest BCUT2D eigenvalue weighted by molar-refractivity contribution is -0.115. The first-order chi connectivity index (χ1) is 14.3. The molecule has 0 aromatic heterocycles. The van der Waals surface area contributed by atoms with E-state index in [0.29, 0.717) is 34.5 Å². The molecule has 30 heavy (non-hydrogen) atoms. The van der Waals surface area contributed by atoms with Gasteiger partial charge in [-0.3, -0.25) is 9.59 Å². The lowest BCUT2D eigenvalue weighted by Gasteiger charge is -2.14. The van der Waals surface area contributed by atoms with Crippen molar-refractivity contribution in [1.82, 2.24) is 0 Å². The Morgan fingerprint density at radius 2 is 1.77 bits per heavy atom. The maximum Gasteiger partial charge on any atom is 0.248 e. The molecule has 0 spiro atoms. The first-order valence-electron chi connectivity index (χ1n) is 8.98. The van der Waals surface area contributed by atoms with Crippen LogP contribution in [0.3, 0.4) is 0 Å². The highest BCUT2D eigenvalue weighted by molar-refractivity contribution is 6.37. The van der Waals surface area contributed by atoms with Crippen LogP contribution in [0.4, 0.5) is 5.69 Å². The summed E-state index contributed by atoms with van der Waals surface area (Å²) in [6.45, 7) is 1.73. The molecule has 4 N–H and O–H groups in total. The van der Waals surface area contributed by atoms with Crippen LogP contribution < -0.4 is 15.8 Å². The number of rotatable bonds is 6. The van der Waals surface area contributed by atoms with Crippen molar-refractivity contribution < 1.29 is 19.4 Å². The summed E-state index contributed by atoms with van der Waals surface area (Å²) in [6.07, 6.45) is 0.320. The van der Waals surface area contributed by atoms with E-state index in [-0.39, 0.29) is 27.5 Å². The Labute approximate surface area is 183 Å². The second-order valence-corrected chi connectivity index (χ2v) is 7.21. The number of anilines is 1. The number of carbonyl (C=O) groups excluding carboxylic acids is 2. The largest absolute Gasteiger partial charge is 0.507 e. The van der Waals surface area contributed by atoms with Gasteiger partial charge in [0.05, 0.1) is 10.0 Å². The van der Waals surface area contributed by atoms with E-state index in [2.05, 4.69) is 5.32 Å². The second kappa shape index (κ2) is 9.07. The lowest BCUT2D eigenvalue weighted by Crippen LogP contribution is -2.10. The highest BCUT2D eigenvalue weighted by atomic mass is 35.5. The van der Waals surface area contributed by atoms with Crippen LogP contribution in [-0.2, 0) is 4.79 Å². The molecule has 3 rings (SSSR count). The molecule has 2 amide bonds. The number of carbonyl (C=O) groups is 2. The van der Waals surface area contributed by atoms with Crippen molar-refractivity contribution in [1.29, 1.82) is 0 Å². The Balaban J connectivity index is 1.93. The maximum atomic E-state index is 11.6. The molecule has 154 valence electrons. The zero-order chi connectivity index (χ0) is 21.8. The number of nitrogens with one attached hydrogen (secondary N) is 1. The van der Waals surface area contributed by atoms with Gasteiger partial charge in [0, 0.05) is 23.2 Å². The number of primary amides is 1. The third-order valence-corrected chi connectivity index (χ3v) is 4.81. The summed E-state index contributed by atoms with van der Waals surface area (Å²) >= 11 is 12.6. The third kappa shape index (κ3) is 4.84. The number of hydrogen-bond donors (Lipinski definition) is 3. The van der Waals surface area contributed by atoms with Gasteiger partial charge in [-0.2, -0.15) is 0 Å². The third-order valence-electron chi connectivity index (χ3n) is 4.25. The molecule has 3 aromatic carbocycles. The monoisotopic (exact) mass is 444 g/mol. The molecule has 0 radical (unpaired) electrons. The summed E-state index contributed by atoms with van der Waals surface area (Å²) in [7, 11) is 0. The molecule has 6 nitrogen and oxygen atoms in total. The number of hydrogen-bond acceptors (Lipinski definition) is 4. The number of aromatic hydroxyl groups is 1. The van der Waals surface area contributed by atoms with Crippen LogP contribution in [0.2, 0.25) is 10.0 Å². The first-order valence-corrected chi connectivity index (χ1v) is 9.74. The van der Waals surface area contributed by atoms with Gasteiger partial charge in [0.15, 0.2) is 5.75 Å². The highest BCUT2D eigenvalue weighted by Crippen LogP contribution is 2.41. The molecule has 0 saturated heterocycles. The molecule has 0 aliphatic heterocycles. The van der Waals surface area contributed by atoms with E-state index in [1.807, 2.05) is 0 Å². The summed E-state index contributed by atoms with van der Waals surface area (Å²) in [4.78, 5) is 23.0. The van der Waals surface area contributed by atoms with E-state index < -0.39 is 5.91 Å². The fourth-order valence-electron chi connectivity index (χ4n) is 2.75. The van der Waals surface area contributed by atoms with Crippen molar-refractivity contribution in [3.63, 3.8) is 0 Å². The minimum atomic E-state index is -0.572. The predicted octanol–water partition coefficient (Wildman–Crippen LogP) is 5.61. The smallest absolute Gasteiger partial charge is 0.248 e. The second-order valence-electron chi connectivity index (χ2n) is 6.40. The van der Waals surface area contributed by atoms with Gasteiger partial charge < -0.3 is 20.9 Å². The Kier molecular flexibility index (Phi) is 6.50. The molecule has 0 bridgehead atoms. The van der Waals surface area contributed by atoms with Gasteiger partial charge >= 0.3 is 0 Å². The Morgan fingerprint density at radius 1 is 1.07 bits per heavy atom. The maximum absolute atomic E-state index is 11.6. The number of halogens is 2. The van der Waals surface area contributed by atoms with Crippen molar-refractivity contribution in [3.8, 4) is 28.4 Å². The number of amides is 2. The minimum absolute atomic E-state index is 0.00112. The van der Waals surface area contributed by atoms with Crippen molar-refractivity contribution >= 4 is 40.7 Å². The van der Waals surface area contributed by atoms with Gasteiger partial charge in [-0.25, -0.2) is 0 Å².